The van der Waals surface area contributed by atoms with Gasteiger partial charge in [-0.2, -0.15) is 5.10 Å². The standard InChI is InChI=1S/C50H31N3S/c1-2-12-31(13-3-1)47-48(32-24-26-34-37-17-10-14-30-15-11-18-38(46(30)37)39(34)28-32)52-53-49(51-47)33-25-27-36-35-16-4-5-19-40(35)50(43(36)29-33)41-20-6-8-22-44(41)54-45-23-9-7-21-42(45)50/h1-29,49,53H. The van der Waals surface area contributed by atoms with Gasteiger partial charge in [0.25, 0.3) is 0 Å². The molecule has 252 valence electrons. The zero-order valence-electron chi connectivity index (χ0n) is 29.1. The quantitative estimate of drug-likeness (QED) is 0.199. The summed E-state index contributed by atoms with van der Waals surface area (Å²) in [6.07, 6.45) is -0.370. The molecule has 0 saturated carbocycles. The van der Waals surface area contributed by atoms with Gasteiger partial charge in [0.05, 0.1) is 11.1 Å². The molecular weight excluding hydrogens is 675 g/mol. The van der Waals surface area contributed by atoms with Gasteiger partial charge in [-0.3, -0.25) is 10.4 Å². The zero-order chi connectivity index (χ0) is 35.4. The molecule has 4 heteroatoms. The van der Waals surface area contributed by atoms with Crippen molar-refractivity contribution in [2.75, 3.05) is 0 Å². The SMILES string of the molecule is c1ccc(C2=NC(c3ccc4c(c3)C3(c5ccccc5Sc5ccccc53)c3ccccc3-4)NN=C2c2ccc3c(c2)-c2cccc4cccc-3c24)cc1. The van der Waals surface area contributed by atoms with Gasteiger partial charge >= 0.3 is 0 Å². The normalized spacial score (nSPS) is 16.4. The Morgan fingerprint density at radius 1 is 0.444 bits per heavy atom. The Bertz CT molecular complexity index is 2910. The van der Waals surface area contributed by atoms with Gasteiger partial charge < -0.3 is 0 Å². The third-order valence-corrected chi connectivity index (χ3v) is 12.9. The van der Waals surface area contributed by atoms with Crippen LogP contribution < -0.4 is 5.43 Å². The van der Waals surface area contributed by atoms with Gasteiger partial charge in [0.1, 0.15) is 5.71 Å². The molecule has 0 radical (unpaired) electrons. The van der Waals surface area contributed by atoms with Crippen LogP contribution in [-0.2, 0) is 5.41 Å². The van der Waals surface area contributed by atoms with Crippen LogP contribution in [-0.4, -0.2) is 11.4 Å². The minimum atomic E-state index is -0.444. The van der Waals surface area contributed by atoms with E-state index in [4.69, 9.17) is 10.1 Å². The Labute approximate surface area is 317 Å². The molecule has 1 N–H and O–H groups in total. The summed E-state index contributed by atoms with van der Waals surface area (Å²) in [6.45, 7) is 0. The Balaban J connectivity index is 1.02. The van der Waals surface area contributed by atoms with Crippen LogP contribution in [0.1, 0.15) is 45.1 Å². The second-order valence-corrected chi connectivity index (χ2v) is 15.6. The van der Waals surface area contributed by atoms with Crippen LogP contribution in [0, 0.1) is 0 Å². The molecule has 8 aromatic rings. The fourth-order valence-electron chi connectivity index (χ4n) is 9.54. The molecule has 2 aliphatic heterocycles. The smallest absolute Gasteiger partial charge is 0.160 e. The second-order valence-electron chi connectivity index (χ2n) is 14.5. The molecule has 0 amide bonds. The van der Waals surface area contributed by atoms with Gasteiger partial charge in [-0.1, -0.05) is 163 Å². The van der Waals surface area contributed by atoms with Crippen molar-refractivity contribution in [2.24, 2.45) is 10.1 Å². The second kappa shape index (κ2) is 11.3. The number of fused-ring (bicyclic) bond motifs is 12. The van der Waals surface area contributed by atoms with E-state index in [1.165, 1.54) is 76.2 Å². The van der Waals surface area contributed by atoms with E-state index in [1.54, 1.807) is 0 Å². The van der Waals surface area contributed by atoms with E-state index in [-0.39, 0.29) is 6.17 Å². The Kier molecular flexibility index (Phi) is 6.26. The number of nitrogens with one attached hydrogen (secondary N) is 1. The molecule has 2 heterocycles. The number of rotatable bonds is 3. The van der Waals surface area contributed by atoms with Gasteiger partial charge in [0.2, 0.25) is 0 Å². The summed E-state index contributed by atoms with van der Waals surface area (Å²) in [4.78, 5) is 8.12. The van der Waals surface area contributed by atoms with Gasteiger partial charge in [-0.05, 0) is 96.2 Å². The highest BCUT2D eigenvalue weighted by Gasteiger charge is 2.50. The Morgan fingerprint density at radius 3 is 1.85 bits per heavy atom. The zero-order valence-corrected chi connectivity index (χ0v) is 29.9. The number of nitrogens with zero attached hydrogens (tertiary/aromatic N) is 2. The van der Waals surface area contributed by atoms with Crippen molar-refractivity contribution >= 4 is 34.0 Å². The first-order valence-corrected chi connectivity index (χ1v) is 19.3. The van der Waals surface area contributed by atoms with E-state index < -0.39 is 5.41 Å². The van der Waals surface area contributed by atoms with Crippen molar-refractivity contribution in [1.29, 1.82) is 0 Å². The van der Waals surface area contributed by atoms with Crippen molar-refractivity contribution in [3.8, 4) is 33.4 Å². The van der Waals surface area contributed by atoms with Gasteiger partial charge in [-0.25, -0.2) is 0 Å². The molecule has 12 rings (SSSR count). The van der Waals surface area contributed by atoms with Crippen molar-refractivity contribution in [3.63, 3.8) is 0 Å². The van der Waals surface area contributed by atoms with Crippen molar-refractivity contribution < 1.29 is 0 Å². The highest BCUT2D eigenvalue weighted by atomic mass is 32.2. The van der Waals surface area contributed by atoms with E-state index >= 15 is 0 Å². The van der Waals surface area contributed by atoms with E-state index in [2.05, 4.69) is 181 Å². The molecule has 8 aromatic carbocycles. The first-order chi connectivity index (χ1) is 26.8. The largest absolute Gasteiger partial charge is 0.281 e. The molecule has 0 fully saturated rings. The average Bonchev–Trinajstić information content (AvgIpc) is 3.72. The fraction of sp³-hybridized carbons (Fsp3) is 0.0400. The first kappa shape index (κ1) is 30.0. The number of hydrazone groups is 1. The molecular formula is C50H31N3S. The van der Waals surface area contributed by atoms with Crippen LogP contribution in [0.25, 0.3) is 44.2 Å². The van der Waals surface area contributed by atoms with E-state index in [0.717, 1.165) is 28.1 Å². The summed E-state index contributed by atoms with van der Waals surface area (Å²) in [5, 5.41) is 7.78. The van der Waals surface area contributed by atoms with Crippen LogP contribution in [0.2, 0.25) is 0 Å². The maximum absolute atomic E-state index is 5.52. The molecule has 1 unspecified atom stereocenters. The number of aliphatic imine (C=N–C) groups is 1. The van der Waals surface area contributed by atoms with Crippen molar-refractivity contribution in [1.82, 2.24) is 5.43 Å². The summed E-state index contributed by atoms with van der Waals surface area (Å²) in [5.74, 6) is 0. The van der Waals surface area contributed by atoms with Crippen LogP contribution in [0.3, 0.4) is 0 Å². The van der Waals surface area contributed by atoms with Crippen LogP contribution in [0.15, 0.2) is 196 Å². The molecule has 0 bridgehead atoms. The minimum Gasteiger partial charge on any atom is -0.281 e. The topological polar surface area (TPSA) is 36.8 Å². The molecule has 0 aromatic heterocycles. The monoisotopic (exact) mass is 705 g/mol. The van der Waals surface area contributed by atoms with E-state index in [0.29, 0.717) is 0 Å². The summed E-state index contributed by atoms with van der Waals surface area (Å²) in [6, 6.07) is 64.3. The Hall–Kier alpha value is -6.49. The van der Waals surface area contributed by atoms with E-state index in [9.17, 15) is 0 Å². The van der Waals surface area contributed by atoms with Crippen molar-refractivity contribution in [2.45, 2.75) is 21.4 Å². The van der Waals surface area contributed by atoms with E-state index in [1.807, 2.05) is 11.8 Å². The average molecular weight is 706 g/mol. The van der Waals surface area contributed by atoms with Crippen molar-refractivity contribution in [3.05, 3.63) is 215 Å². The lowest BCUT2D eigenvalue weighted by Gasteiger charge is -2.39. The highest BCUT2D eigenvalue weighted by Crippen LogP contribution is 2.62. The predicted octanol–water partition coefficient (Wildman–Crippen LogP) is 11.8. The molecule has 0 saturated heterocycles. The highest BCUT2D eigenvalue weighted by molar-refractivity contribution is 7.99. The maximum Gasteiger partial charge on any atom is 0.160 e. The summed E-state index contributed by atoms with van der Waals surface area (Å²) in [5.41, 5.74) is 20.9. The first-order valence-electron chi connectivity index (χ1n) is 18.5. The van der Waals surface area contributed by atoms with Crippen LogP contribution >= 0.6 is 11.8 Å². The molecule has 4 aliphatic rings. The summed E-state index contributed by atoms with van der Waals surface area (Å²) < 4.78 is 0. The third kappa shape index (κ3) is 4.03. The molecule has 2 aliphatic carbocycles. The van der Waals surface area contributed by atoms with Crippen LogP contribution in [0.5, 0.6) is 0 Å². The van der Waals surface area contributed by atoms with Gasteiger partial charge in [-0.15, -0.1) is 0 Å². The molecule has 1 spiro atoms. The molecule has 3 nitrogen and oxygen atoms in total. The maximum atomic E-state index is 5.52. The van der Waals surface area contributed by atoms with Gasteiger partial charge in [0.15, 0.2) is 6.17 Å². The number of hydrogen-bond acceptors (Lipinski definition) is 4. The lowest BCUT2D eigenvalue weighted by atomic mass is 9.67. The van der Waals surface area contributed by atoms with Gasteiger partial charge in [0, 0.05) is 20.9 Å². The minimum absolute atomic E-state index is 0.370. The summed E-state index contributed by atoms with van der Waals surface area (Å²) >= 11 is 1.87. The number of benzene rings is 8. The molecule has 54 heavy (non-hydrogen) atoms. The lowest BCUT2D eigenvalue weighted by Crippen LogP contribution is -2.33. The third-order valence-electron chi connectivity index (χ3n) is 11.8. The Morgan fingerprint density at radius 2 is 1.07 bits per heavy atom. The predicted molar refractivity (Wildman–Crippen MR) is 222 cm³/mol. The molecule has 1 atom stereocenters. The fourth-order valence-corrected chi connectivity index (χ4v) is 10.7. The lowest BCUT2D eigenvalue weighted by molar-refractivity contribution is 0.575. The summed E-state index contributed by atoms with van der Waals surface area (Å²) in [7, 11) is 0. The van der Waals surface area contributed by atoms with Crippen LogP contribution in [0.4, 0.5) is 0 Å². The number of hydrogen-bond donors (Lipinski definition) is 1.